The van der Waals surface area contributed by atoms with Crippen LogP contribution in [0, 0.1) is 0 Å². The molecule has 0 radical (unpaired) electrons. The number of amides is 2. The van der Waals surface area contributed by atoms with E-state index >= 15 is 0 Å². The van der Waals surface area contributed by atoms with Gasteiger partial charge in [0.2, 0.25) is 11.0 Å². The first-order valence-electron chi connectivity index (χ1n) is 10.4. The summed E-state index contributed by atoms with van der Waals surface area (Å²) in [5.41, 5.74) is 3.43. The Balaban J connectivity index is 1.59. The van der Waals surface area contributed by atoms with E-state index in [1.165, 1.54) is 6.92 Å². The van der Waals surface area contributed by atoms with E-state index in [0.717, 1.165) is 22.3 Å². The highest BCUT2D eigenvalue weighted by molar-refractivity contribution is 7.96. The van der Waals surface area contributed by atoms with Gasteiger partial charge in [0.1, 0.15) is 12.1 Å². The molecule has 1 aliphatic carbocycles. The van der Waals surface area contributed by atoms with Gasteiger partial charge in [-0.15, -0.1) is 12.6 Å². The molecule has 1 aliphatic rings. The summed E-state index contributed by atoms with van der Waals surface area (Å²) in [5.74, 6) is -0.140. The van der Waals surface area contributed by atoms with Crippen LogP contribution in [-0.4, -0.2) is 35.8 Å². The molecular formula is C24H28N2O4S. The minimum Gasteiger partial charge on any atom is -0.449 e. The molecule has 2 aromatic rings. The van der Waals surface area contributed by atoms with Crippen molar-refractivity contribution in [2.45, 2.75) is 44.6 Å². The van der Waals surface area contributed by atoms with Gasteiger partial charge in [-0.2, -0.15) is 0 Å². The Morgan fingerprint density at radius 2 is 1.58 bits per heavy atom. The summed E-state index contributed by atoms with van der Waals surface area (Å²) in [6, 6.07) is 16.2. The Kier molecular flexibility index (Phi) is 7.38. The van der Waals surface area contributed by atoms with Crippen LogP contribution in [0.4, 0.5) is 4.79 Å². The van der Waals surface area contributed by atoms with Gasteiger partial charge in [0.15, 0.2) is 0 Å². The van der Waals surface area contributed by atoms with Crippen LogP contribution in [0.25, 0.3) is 11.1 Å². The fourth-order valence-corrected chi connectivity index (χ4v) is 4.12. The van der Waals surface area contributed by atoms with Gasteiger partial charge in [-0.25, -0.2) is 4.79 Å². The highest BCUT2D eigenvalue weighted by Gasteiger charge is 2.34. The summed E-state index contributed by atoms with van der Waals surface area (Å²) in [7, 11) is 0. The molecule has 0 saturated carbocycles. The number of rotatable bonds is 9. The van der Waals surface area contributed by atoms with Gasteiger partial charge in [-0.3, -0.25) is 9.59 Å². The van der Waals surface area contributed by atoms with Crippen molar-refractivity contribution < 1.29 is 19.1 Å². The highest BCUT2D eigenvalue weighted by Crippen LogP contribution is 2.44. The van der Waals surface area contributed by atoms with E-state index < -0.39 is 16.7 Å². The number of benzene rings is 2. The first kappa shape index (κ1) is 22.9. The molecule has 31 heavy (non-hydrogen) atoms. The fourth-order valence-electron chi connectivity index (χ4n) is 3.95. The molecule has 0 spiro atoms. The van der Waals surface area contributed by atoms with Crippen molar-refractivity contribution in [3.05, 3.63) is 59.7 Å². The monoisotopic (exact) mass is 440 g/mol. The van der Waals surface area contributed by atoms with Crippen molar-refractivity contribution in [3.8, 4) is 11.1 Å². The van der Waals surface area contributed by atoms with Gasteiger partial charge in [0.05, 0.1) is 0 Å². The number of ether oxygens (including phenoxy) is 1. The summed E-state index contributed by atoms with van der Waals surface area (Å²) >= 11 is 3.96. The van der Waals surface area contributed by atoms with Crippen LogP contribution in [0.1, 0.15) is 50.2 Å². The number of carbonyl (C=O) groups is 3. The second kappa shape index (κ2) is 10.0. The Morgan fingerprint density at radius 1 is 1.00 bits per heavy atom. The van der Waals surface area contributed by atoms with E-state index in [-0.39, 0.29) is 18.4 Å². The predicted octanol–water partition coefficient (Wildman–Crippen LogP) is 4.05. The highest BCUT2D eigenvalue weighted by atomic mass is 32.1. The lowest BCUT2D eigenvalue weighted by Gasteiger charge is -2.27. The Morgan fingerprint density at radius 3 is 2.13 bits per heavy atom. The zero-order valence-electron chi connectivity index (χ0n) is 17.8. The van der Waals surface area contributed by atoms with Crippen molar-refractivity contribution in [2.24, 2.45) is 0 Å². The predicted molar refractivity (Wildman–Crippen MR) is 123 cm³/mol. The van der Waals surface area contributed by atoms with Crippen molar-refractivity contribution >= 4 is 29.7 Å². The zero-order chi connectivity index (χ0) is 22.4. The summed E-state index contributed by atoms with van der Waals surface area (Å²) in [5, 5.41) is 4.97. The number of unbranched alkanes of at least 4 members (excludes halogenated alkanes) is 1. The number of nitrogens with one attached hydrogen (secondary N) is 2. The lowest BCUT2D eigenvalue weighted by atomic mass is 9.96. The lowest BCUT2D eigenvalue weighted by Crippen LogP contribution is -2.51. The standard InChI is InChI=1S/C24H28N2O4S/c1-16(27)25-14-8-7-13-24(2,22(28)31)26-23(29)30-15-21-19-11-5-3-9-17(19)18-10-4-6-12-20(18)21/h3-6,9-12,21H,7-8,13-15H2,1-2H3,(H,25,27)(H,26,29)(H,28,31)/t24-/m1/s1. The van der Waals surface area contributed by atoms with E-state index in [1.54, 1.807) is 6.92 Å². The molecule has 0 unspecified atom stereocenters. The van der Waals surface area contributed by atoms with Crippen LogP contribution in [0.2, 0.25) is 0 Å². The smallest absolute Gasteiger partial charge is 0.407 e. The molecule has 1 atom stereocenters. The molecule has 0 heterocycles. The van der Waals surface area contributed by atoms with Crippen LogP contribution in [0.5, 0.6) is 0 Å². The van der Waals surface area contributed by atoms with E-state index in [4.69, 9.17) is 4.74 Å². The first-order valence-corrected chi connectivity index (χ1v) is 10.9. The molecule has 2 amide bonds. The van der Waals surface area contributed by atoms with Crippen LogP contribution in [0.15, 0.2) is 48.5 Å². The molecule has 164 valence electrons. The SMILES string of the molecule is CC(=O)NCCCC[C@@](C)(NC(=O)OCC1c2ccccc2-c2ccccc21)C(=O)S. The number of hydrogen-bond donors (Lipinski definition) is 3. The summed E-state index contributed by atoms with van der Waals surface area (Å²) < 4.78 is 5.55. The van der Waals surface area contributed by atoms with Crippen molar-refractivity contribution in [1.29, 1.82) is 0 Å². The zero-order valence-corrected chi connectivity index (χ0v) is 18.7. The van der Waals surface area contributed by atoms with Crippen LogP contribution < -0.4 is 10.6 Å². The molecule has 0 aromatic heterocycles. The largest absolute Gasteiger partial charge is 0.449 e. The quantitative estimate of drug-likeness (QED) is 0.406. The summed E-state index contributed by atoms with van der Waals surface area (Å²) in [4.78, 5) is 35.6. The maximum absolute atomic E-state index is 12.5. The van der Waals surface area contributed by atoms with Crippen molar-refractivity contribution in [1.82, 2.24) is 10.6 Å². The molecule has 6 nitrogen and oxygen atoms in total. The first-order chi connectivity index (χ1) is 14.8. The van der Waals surface area contributed by atoms with E-state index in [1.807, 2.05) is 24.3 Å². The molecule has 2 aromatic carbocycles. The average Bonchev–Trinajstić information content (AvgIpc) is 3.05. The van der Waals surface area contributed by atoms with Crippen LogP contribution in [-0.2, 0) is 14.3 Å². The normalized spacial score (nSPS) is 14.2. The van der Waals surface area contributed by atoms with E-state index in [9.17, 15) is 14.4 Å². The minimum atomic E-state index is -1.14. The number of alkyl carbamates (subject to hydrolysis) is 1. The van der Waals surface area contributed by atoms with Gasteiger partial charge in [-0.1, -0.05) is 48.5 Å². The lowest BCUT2D eigenvalue weighted by molar-refractivity contribution is -0.119. The van der Waals surface area contributed by atoms with Gasteiger partial charge in [-0.05, 0) is 48.4 Å². The Bertz CT molecular complexity index is 932. The molecule has 3 rings (SSSR count). The minimum absolute atomic E-state index is 0.0474. The number of fused-ring (bicyclic) bond motifs is 3. The molecular weight excluding hydrogens is 412 g/mol. The Hall–Kier alpha value is -2.80. The Labute approximate surface area is 188 Å². The number of hydrogen-bond acceptors (Lipinski definition) is 4. The molecule has 0 saturated heterocycles. The van der Waals surface area contributed by atoms with E-state index in [0.29, 0.717) is 25.8 Å². The number of thiol groups is 1. The third-order valence-corrected chi connectivity index (χ3v) is 6.16. The fraction of sp³-hybridized carbons (Fsp3) is 0.375. The average molecular weight is 441 g/mol. The van der Waals surface area contributed by atoms with Crippen LogP contribution in [0.3, 0.4) is 0 Å². The van der Waals surface area contributed by atoms with Gasteiger partial charge < -0.3 is 15.4 Å². The molecule has 0 bridgehead atoms. The second-order valence-corrected chi connectivity index (χ2v) is 8.43. The van der Waals surface area contributed by atoms with Crippen molar-refractivity contribution in [2.75, 3.05) is 13.2 Å². The maximum Gasteiger partial charge on any atom is 0.407 e. The second-order valence-electron chi connectivity index (χ2n) is 8.03. The molecule has 0 fully saturated rings. The summed E-state index contributed by atoms with van der Waals surface area (Å²) in [6.45, 7) is 3.80. The number of carbonyl (C=O) groups excluding carboxylic acids is 3. The van der Waals surface area contributed by atoms with Crippen LogP contribution >= 0.6 is 12.6 Å². The van der Waals surface area contributed by atoms with E-state index in [2.05, 4.69) is 47.5 Å². The molecule has 7 heteroatoms. The maximum atomic E-state index is 12.5. The van der Waals surface area contributed by atoms with Crippen molar-refractivity contribution in [3.63, 3.8) is 0 Å². The van der Waals surface area contributed by atoms with Gasteiger partial charge >= 0.3 is 6.09 Å². The third-order valence-electron chi connectivity index (χ3n) is 5.67. The molecule has 2 N–H and O–H groups in total. The summed E-state index contributed by atoms with van der Waals surface area (Å²) in [6.07, 6.45) is 1.10. The topological polar surface area (TPSA) is 84.5 Å². The van der Waals surface area contributed by atoms with Gasteiger partial charge in [0.25, 0.3) is 0 Å². The van der Waals surface area contributed by atoms with Gasteiger partial charge in [0, 0.05) is 19.4 Å². The third kappa shape index (κ3) is 5.47. The molecule has 0 aliphatic heterocycles.